The van der Waals surface area contributed by atoms with E-state index in [0.717, 1.165) is 6.42 Å². The van der Waals surface area contributed by atoms with Gasteiger partial charge in [0.2, 0.25) is 0 Å². The fourth-order valence-corrected chi connectivity index (χ4v) is 4.63. The van der Waals surface area contributed by atoms with Crippen molar-refractivity contribution >= 4 is 9.84 Å². The number of rotatable bonds is 3. The minimum atomic E-state index is -3.42. The van der Waals surface area contributed by atoms with E-state index < -0.39 is 14.6 Å². The van der Waals surface area contributed by atoms with E-state index in [1.807, 2.05) is 0 Å². The van der Waals surface area contributed by atoms with Crippen LogP contribution in [0.4, 0.5) is 0 Å². The van der Waals surface area contributed by atoms with Gasteiger partial charge in [0, 0.05) is 6.04 Å². The van der Waals surface area contributed by atoms with Crippen LogP contribution in [0.5, 0.6) is 5.75 Å². The minimum absolute atomic E-state index is 0.0624. The molecule has 1 unspecified atom stereocenters. The number of hydrogen-bond donors (Lipinski definition) is 2. The molecule has 5 heteroatoms. The monoisotopic (exact) mass is 255 g/mol. The van der Waals surface area contributed by atoms with Crippen LogP contribution in [0.15, 0.2) is 29.2 Å². The Hall–Kier alpha value is -1.07. The molecule has 2 rings (SSSR count). The molecule has 1 aromatic rings. The third-order valence-corrected chi connectivity index (χ3v) is 6.46. The molecule has 1 atom stereocenters. The SMILES string of the molecule is CC(N)C1(S(=O)(=O)c2ccc(O)cc2)CCC1. The summed E-state index contributed by atoms with van der Waals surface area (Å²) in [5, 5.41) is 9.19. The van der Waals surface area contributed by atoms with Crippen molar-refractivity contribution in [3.05, 3.63) is 24.3 Å². The van der Waals surface area contributed by atoms with Crippen molar-refractivity contribution in [1.82, 2.24) is 0 Å². The standard InChI is InChI=1S/C12H17NO3S/c1-9(13)12(7-2-8-12)17(15,16)11-5-3-10(14)4-6-11/h3-6,9,14H,2,7-8,13H2,1H3. The molecule has 3 N–H and O–H groups in total. The molecule has 0 spiro atoms. The molecule has 1 saturated carbocycles. The molecule has 0 bridgehead atoms. The van der Waals surface area contributed by atoms with Gasteiger partial charge in [-0.3, -0.25) is 0 Å². The molecule has 0 radical (unpaired) electrons. The van der Waals surface area contributed by atoms with Gasteiger partial charge in [0.25, 0.3) is 0 Å². The van der Waals surface area contributed by atoms with Crippen molar-refractivity contribution in [2.75, 3.05) is 0 Å². The molecule has 0 amide bonds. The van der Waals surface area contributed by atoms with Gasteiger partial charge >= 0.3 is 0 Å². The van der Waals surface area contributed by atoms with Crippen LogP contribution in [-0.4, -0.2) is 24.3 Å². The van der Waals surface area contributed by atoms with Crippen LogP contribution in [0.3, 0.4) is 0 Å². The van der Waals surface area contributed by atoms with Crippen LogP contribution >= 0.6 is 0 Å². The van der Waals surface area contributed by atoms with E-state index in [2.05, 4.69) is 0 Å². The van der Waals surface area contributed by atoms with Crippen molar-refractivity contribution < 1.29 is 13.5 Å². The number of hydrogen-bond acceptors (Lipinski definition) is 4. The molecule has 17 heavy (non-hydrogen) atoms. The quantitative estimate of drug-likeness (QED) is 0.856. The Morgan fingerprint density at radius 2 is 1.82 bits per heavy atom. The molecule has 1 aliphatic rings. The van der Waals surface area contributed by atoms with Gasteiger partial charge in [-0.2, -0.15) is 0 Å². The Kier molecular flexibility index (Phi) is 2.91. The highest BCUT2D eigenvalue weighted by Gasteiger charge is 2.52. The maximum atomic E-state index is 12.5. The van der Waals surface area contributed by atoms with Crippen molar-refractivity contribution in [3.8, 4) is 5.75 Å². The average molecular weight is 255 g/mol. The zero-order valence-electron chi connectivity index (χ0n) is 9.76. The molecule has 1 aromatic carbocycles. The predicted octanol–water partition coefficient (Wildman–Crippen LogP) is 1.44. The summed E-state index contributed by atoms with van der Waals surface area (Å²) in [5.74, 6) is 0.0624. The van der Waals surface area contributed by atoms with Gasteiger partial charge in [0.1, 0.15) is 5.75 Å². The largest absolute Gasteiger partial charge is 0.508 e. The predicted molar refractivity (Wildman–Crippen MR) is 65.5 cm³/mol. The number of aromatic hydroxyl groups is 1. The summed E-state index contributed by atoms with van der Waals surface area (Å²) >= 11 is 0. The minimum Gasteiger partial charge on any atom is -0.508 e. The number of phenols is 1. The summed E-state index contributed by atoms with van der Waals surface area (Å²) in [6.45, 7) is 1.75. The normalized spacial score (nSPS) is 20.6. The van der Waals surface area contributed by atoms with Gasteiger partial charge in [0.05, 0.1) is 9.64 Å². The molecular weight excluding hydrogens is 238 g/mol. The topological polar surface area (TPSA) is 80.4 Å². The molecule has 94 valence electrons. The van der Waals surface area contributed by atoms with Crippen molar-refractivity contribution in [2.24, 2.45) is 5.73 Å². The Balaban J connectivity index is 2.46. The summed E-state index contributed by atoms with van der Waals surface area (Å²) < 4.78 is 24.2. The van der Waals surface area contributed by atoms with Crippen LogP contribution in [0.1, 0.15) is 26.2 Å². The van der Waals surface area contributed by atoms with Crippen LogP contribution in [0.25, 0.3) is 0 Å². The summed E-state index contributed by atoms with van der Waals surface area (Å²) in [4.78, 5) is 0.243. The van der Waals surface area contributed by atoms with Crippen LogP contribution < -0.4 is 5.73 Å². The van der Waals surface area contributed by atoms with Crippen LogP contribution in [-0.2, 0) is 9.84 Å². The molecule has 1 aliphatic carbocycles. The third kappa shape index (κ3) is 1.73. The highest BCUT2D eigenvalue weighted by Crippen LogP contribution is 2.44. The zero-order valence-corrected chi connectivity index (χ0v) is 10.6. The number of nitrogens with two attached hydrogens (primary N) is 1. The molecule has 1 fully saturated rings. The maximum absolute atomic E-state index is 12.5. The van der Waals surface area contributed by atoms with Crippen LogP contribution in [0.2, 0.25) is 0 Å². The van der Waals surface area contributed by atoms with Gasteiger partial charge in [-0.05, 0) is 44.0 Å². The average Bonchev–Trinajstić information content (AvgIpc) is 2.14. The lowest BCUT2D eigenvalue weighted by Crippen LogP contribution is -2.56. The summed E-state index contributed by atoms with van der Waals surface area (Å²) in [5.41, 5.74) is 5.86. The summed E-state index contributed by atoms with van der Waals surface area (Å²) in [6.07, 6.45) is 2.14. The fourth-order valence-electron chi connectivity index (χ4n) is 2.35. The van der Waals surface area contributed by atoms with Gasteiger partial charge < -0.3 is 10.8 Å². The second kappa shape index (κ2) is 3.99. The maximum Gasteiger partial charge on any atom is 0.185 e. The van der Waals surface area contributed by atoms with E-state index in [0.29, 0.717) is 12.8 Å². The lowest BCUT2D eigenvalue weighted by Gasteiger charge is -2.44. The number of benzene rings is 1. The molecule has 0 saturated heterocycles. The van der Waals surface area contributed by atoms with E-state index in [4.69, 9.17) is 5.73 Å². The van der Waals surface area contributed by atoms with E-state index in [9.17, 15) is 13.5 Å². The summed E-state index contributed by atoms with van der Waals surface area (Å²) in [7, 11) is -3.42. The molecule has 0 aromatic heterocycles. The molecular formula is C12H17NO3S. The first-order chi connectivity index (χ1) is 7.90. The first-order valence-corrected chi connectivity index (χ1v) is 7.18. The van der Waals surface area contributed by atoms with Crippen molar-refractivity contribution in [3.63, 3.8) is 0 Å². The van der Waals surface area contributed by atoms with Crippen molar-refractivity contribution in [1.29, 1.82) is 0 Å². The lowest BCUT2D eigenvalue weighted by molar-refractivity contribution is 0.296. The molecule has 4 nitrogen and oxygen atoms in total. The molecule has 0 aliphatic heterocycles. The highest BCUT2D eigenvalue weighted by atomic mass is 32.2. The number of sulfone groups is 1. The van der Waals surface area contributed by atoms with Gasteiger partial charge in [-0.25, -0.2) is 8.42 Å². The van der Waals surface area contributed by atoms with E-state index >= 15 is 0 Å². The third-order valence-electron chi connectivity index (χ3n) is 3.71. The van der Waals surface area contributed by atoms with Crippen molar-refractivity contribution in [2.45, 2.75) is 41.9 Å². The Morgan fingerprint density at radius 3 is 2.18 bits per heavy atom. The van der Waals surface area contributed by atoms with Gasteiger partial charge in [-0.15, -0.1) is 0 Å². The Labute approximate surface area is 101 Å². The zero-order chi connectivity index (χ0) is 12.7. The van der Waals surface area contributed by atoms with Gasteiger partial charge in [0.15, 0.2) is 9.84 Å². The first-order valence-electron chi connectivity index (χ1n) is 5.69. The second-order valence-electron chi connectivity index (χ2n) is 4.70. The molecule has 0 heterocycles. The Bertz CT molecular complexity index is 501. The van der Waals surface area contributed by atoms with E-state index in [1.54, 1.807) is 6.92 Å². The first kappa shape index (κ1) is 12.4. The smallest absolute Gasteiger partial charge is 0.185 e. The second-order valence-corrected chi connectivity index (χ2v) is 7.00. The summed E-state index contributed by atoms with van der Waals surface area (Å²) in [6, 6.07) is 5.27. The lowest BCUT2D eigenvalue weighted by atomic mass is 9.79. The van der Waals surface area contributed by atoms with E-state index in [-0.39, 0.29) is 16.7 Å². The Morgan fingerprint density at radius 1 is 1.29 bits per heavy atom. The highest BCUT2D eigenvalue weighted by molar-refractivity contribution is 7.93. The fraction of sp³-hybridized carbons (Fsp3) is 0.500. The van der Waals surface area contributed by atoms with Gasteiger partial charge in [-0.1, -0.05) is 6.42 Å². The van der Waals surface area contributed by atoms with E-state index in [1.165, 1.54) is 24.3 Å². The number of phenolic OH excluding ortho intramolecular Hbond substituents is 1. The van der Waals surface area contributed by atoms with Crippen LogP contribution in [0, 0.1) is 0 Å².